The molecule has 0 bridgehead atoms. The van der Waals surface area contributed by atoms with Gasteiger partial charge in [0.2, 0.25) is 0 Å². The molecule has 3 nitrogen and oxygen atoms in total. The zero-order valence-electron chi connectivity index (χ0n) is 10.1. The Hall–Kier alpha value is -1.38. The van der Waals surface area contributed by atoms with Crippen molar-refractivity contribution in [1.82, 2.24) is 14.4 Å². The summed E-state index contributed by atoms with van der Waals surface area (Å²) >= 11 is 0. The average molecular weight is 217 g/mol. The Kier molecular flexibility index (Phi) is 3.54. The minimum atomic E-state index is 0.599. The molecule has 86 valence electrons. The minimum absolute atomic E-state index is 0.599. The number of aromatic nitrogens is 3. The Morgan fingerprint density at radius 3 is 2.62 bits per heavy atom. The van der Waals surface area contributed by atoms with Crippen LogP contribution in [0.15, 0.2) is 24.8 Å². The molecule has 0 saturated heterocycles. The smallest absolute Gasteiger partial charge is 0.155 e. The van der Waals surface area contributed by atoms with Crippen LogP contribution >= 0.6 is 0 Å². The molecule has 0 aliphatic heterocycles. The fourth-order valence-corrected chi connectivity index (χ4v) is 2.19. The third kappa shape index (κ3) is 2.23. The van der Waals surface area contributed by atoms with Gasteiger partial charge in [0, 0.05) is 24.5 Å². The van der Waals surface area contributed by atoms with Crippen LogP contribution in [0.4, 0.5) is 0 Å². The predicted octanol–water partition coefficient (Wildman–Crippen LogP) is 3.41. The third-order valence-electron chi connectivity index (χ3n) is 2.99. The maximum absolute atomic E-state index is 4.53. The average Bonchev–Trinajstić information content (AvgIpc) is 2.75. The molecule has 0 saturated carbocycles. The number of hydrogen-bond acceptors (Lipinski definition) is 2. The second kappa shape index (κ2) is 5.10. The van der Waals surface area contributed by atoms with Gasteiger partial charge in [0.1, 0.15) is 0 Å². The Labute approximate surface area is 96.5 Å². The summed E-state index contributed by atoms with van der Waals surface area (Å²) in [6.07, 6.45) is 12.7. The largest absolute Gasteiger partial charge is 0.304 e. The monoisotopic (exact) mass is 217 g/mol. The van der Waals surface area contributed by atoms with E-state index in [1.54, 1.807) is 0 Å². The summed E-state index contributed by atoms with van der Waals surface area (Å²) in [5.41, 5.74) is 2.13. The standard InChI is InChI=1S/C13H19N3/c1-3-5-11(6-4-2)12-10-16-8-7-14-13(16)9-15-12/h7-11H,3-6H2,1-2H3. The van der Waals surface area contributed by atoms with Crippen molar-refractivity contribution in [3.05, 3.63) is 30.5 Å². The lowest BCUT2D eigenvalue weighted by Gasteiger charge is -2.14. The zero-order chi connectivity index (χ0) is 11.4. The summed E-state index contributed by atoms with van der Waals surface area (Å²) in [5.74, 6) is 0.599. The molecule has 3 heteroatoms. The van der Waals surface area contributed by atoms with Crippen LogP contribution in [-0.2, 0) is 0 Å². The highest BCUT2D eigenvalue weighted by Crippen LogP contribution is 2.24. The van der Waals surface area contributed by atoms with Crippen molar-refractivity contribution in [2.24, 2.45) is 0 Å². The van der Waals surface area contributed by atoms with Gasteiger partial charge in [0.05, 0.1) is 11.9 Å². The molecule has 0 radical (unpaired) electrons. The van der Waals surface area contributed by atoms with Gasteiger partial charge in [0.25, 0.3) is 0 Å². The summed E-state index contributed by atoms with van der Waals surface area (Å²) in [7, 11) is 0. The molecular weight excluding hydrogens is 198 g/mol. The van der Waals surface area contributed by atoms with E-state index in [0.717, 1.165) is 5.65 Å². The van der Waals surface area contributed by atoms with Crippen LogP contribution in [0.25, 0.3) is 5.65 Å². The minimum Gasteiger partial charge on any atom is -0.304 e. The second-order valence-electron chi connectivity index (χ2n) is 4.28. The van der Waals surface area contributed by atoms with E-state index in [-0.39, 0.29) is 0 Å². The summed E-state index contributed by atoms with van der Waals surface area (Å²) in [6.45, 7) is 4.47. The number of rotatable bonds is 5. The summed E-state index contributed by atoms with van der Waals surface area (Å²) in [4.78, 5) is 8.74. The van der Waals surface area contributed by atoms with Crippen LogP contribution in [0.2, 0.25) is 0 Å². The Balaban J connectivity index is 2.28. The highest BCUT2D eigenvalue weighted by Gasteiger charge is 2.11. The Morgan fingerprint density at radius 1 is 1.19 bits per heavy atom. The summed E-state index contributed by atoms with van der Waals surface area (Å²) in [6, 6.07) is 0. The van der Waals surface area contributed by atoms with Gasteiger partial charge in [-0.25, -0.2) is 4.98 Å². The van der Waals surface area contributed by atoms with Crippen molar-refractivity contribution in [1.29, 1.82) is 0 Å². The van der Waals surface area contributed by atoms with E-state index in [1.807, 2.05) is 18.6 Å². The molecule has 0 amide bonds. The van der Waals surface area contributed by atoms with Crippen molar-refractivity contribution in [2.45, 2.75) is 45.4 Å². The zero-order valence-corrected chi connectivity index (χ0v) is 10.1. The first-order chi connectivity index (χ1) is 7.85. The first kappa shape index (κ1) is 11.1. The van der Waals surface area contributed by atoms with Gasteiger partial charge >= 0.3 is 0 Å². The molecular formula is C13H19N3. The van der Waals surface area contributed by atoms with Crippen molar-refractivity contribution >= 4 is 5.65 Å². The molecule has 0 fully saturated rings. The normalized spacial score (nSPS) is 11.4. The van der Waals surface area contributed by atoms with Gasteiger partial charge in [-0.2, -0.15) is 0 Å². The maximum atomic E-state index is 4.53. The third-order valence-corrected chi connectivity index (χ3v) is 2.99. The first-order valence-electron chi connectivity index (χ1n) is 6.13. The van der Waals surface area contributed by atoms with Gasteiger partial charge in [-0.1, -0.05) is 26.7 Å². The Bertz CT molecular complexity index is 441. The molecule has 2 rings (SSSR count). The molecule has 2 aromatic heterocycles. The van der Waals surface area contributed by atoms with Gasteiger partial charge in [-0.05, 0) is 12.8 Å². The molecule has 0 unspecified atom stereocenters. The van der Waals surface area contributed by atoms with Crippen LogP contribution in [0.1, 0.15) is 51.1 Å². The van der Waals surface area contributed by atoms with Crippen molar-refractivity contribution in [2.75, 3.05) is 0 Å². The van der Waals surface area contributed by atoms with Gasteiger partial charge in [-0.3, -0.25) is 4.98 Å². The van der Waals surface area contributed by atoms with E-state index in [1.165, 1.54) is 31.4 Å². The lowest BCUT2D eigenvalue weighted by Crippen LogP contribution is -2.03. The first-order valence-corrected chi connectivity index (χ1v) is 6.13. The second-order valence-corrected chi connectivity index (χ2v) is 4.28. The topological polar surface area (TPSA) is 30.2 Å². The van der Waals surface area contributed by atoms with E-state index in [0.29, 0.717) is 5.92 Å². The van der Waals surface area contributed by atoms with E-state index in [2.05, 4.69) is 34.4 Å². The molecule has 0 atom stereocenters. The van der Waals surface area contributed by atoms with Gasteiger partial charge < -0.3 is 4.40 Å². The fourth-order valence-electron chi connectivity index (χ4n) is 2.19. The van der Waals surface area contributed by atoms with Gasteiger partial charge in [0.15, 0.2) is 5.65 Å². The summed E-state index contributed by atoms with van der Waals surface area (Å²) in [5, 5.41) is 0. The maximum Gasteiger partial charge on any atom is 0.155 e. The van der Waals surface area contributed by atoms with Crippen LogP contribution in [0.5, 0.6) is 0 Å². The molecule has 16 heavy (non-hydrogen) atoms. The predicted molar refractivity (Wildman–Crippen MR) is 65.5 cm³/mol. The highest BCUT2D eigenvalue weighted by atomic mass is 15.0. The molecule has 2 aromatic rings. The van der Waals surface area contributed by atoms with Gasteiger partial charge in [-0.15, -0.1) is 0 Å². The number of fused-ring (bicyclic) bond motifs is 1. The molecule has 0 aliphatic carbocycles. The van der Waals surface area contributed by atoms with E-state index in [9.17, 15) is 0 Å². The number of hydrogen-bond donors (Lipinski definition) is 0. The molecule has 0 N–H and O–H groups in total. The number of nitrogens with zero attached hydrogens (tertiary/aromatic N) is 3. The van der Waals surface area contributed by atoms with Crippen molar-refractivity contribution < 1.29 is 0 Å². The van der Waals surface area contributed by atoms with E-state index >= 15 is 0 Å². The quantitative estimate of drug-likeness (QED) is 0.768. The lowest BCUT2D eigenvalue weighted by molar-refractivity contribution is 0.546. The number of imidazole rings is 1. The highest BCUT2D eigenvalue weighted by molar-refractivity contribution is 5.35. The van der Waals surface area contributed by atoms with Crippen molar-refractivity contribution in [3.63, 3.8) is 0 Å². The van der Waals surface area contributed by atoms with Crippen LogP contribution in [0, 0.1) is 0 Å². The van der Waals surface area contributed by atoms with Crippen LogP contribution in [0.3, 0.4) is 0 Å². The molecule has 0 spiro atoms. The molecule has 2 heterocycles. The van der Waals surface area contributed by atoms with E-state index in [4.69, 9.17) is 0 Å². The summed E-state index contributed by atoms with van der Waals surface area (Å²) < 4.78 is 2.06. The fraction of sp³-hybridized carbons (Fsp3) is 0.538. The SMILES string of the molecule is CCCC(CCC)c1cn2ccnc2cn1. The Morgan fingerprint density at radius 2 is 1.94 bits per heavy atom. The lowest BCUT2D eigenvalue weighted by atomic mass is 9.95. The van der Waals surface area contributed by atoms with E-state index < -0.39 is 0 Å². The van der Waals surface area contributed by atoms with Crippen LogP contribution in [-0.4, -0.2) is 14.4 Å². The molecule has 0 aliphatic rings. The van der Waals surface area contributed by atoms with Crippen molar-refractivity contribution in [3.8, 4) is 0 Å². The van der Waals surface area contributed by atoms with Crippen LogP contribution < -0.4 is 0 Å². The molecule has 0 aromatic carbocycles.